The fourth-order valence-corrected chi connectivity index (χ4v) is 3.07. The fourth-order valence-electron chi connectivity index (χ4n) is 3.07. The summed E-state index contributed by atoms with van der Waals surface area (Å²) < 4.78 is 21.2. The van der Waals surface area contributed by atoms with E-state index in [2.05, 4.69) is 6.92 Å². The Labute approximate surface area is 161 Å². The van der Waals surface area contributed by atoms with Gasteiger partial charge in [0.2, 0.25) is 0 Å². The van der Waals surface area contributed by atoms with Gasteiger partial charge in [-0.25, -0.2) is 0 Å². The minimum absolute atomic E-state index is 0.0870. The highest BCUT2D eigenvalue weighted by molar-refractivity contribution is 5.98. The Kier molecular flexibility index (Phi) is 7.11. The maximum atomic E-state index is 12.9. The Morgan fingerprint density at radius 3 is 1.85 bits per heavy atom. The van der Waals surface area contributed by atoms with Crippen molar-refractivity contribution < 1.29 is 23.7 Å². The lowest BCUT2D eigenvalue weighted by molar-refractivity contribution is 0.0892. The molecule has 146 valence electrons. The van der Waals surface area contributed by atoms with E-state index in [1.165, 1.54) is 0 Å². The highest BCUT2D eigenvalue weighted by Gasteiger charge is 2.23. The number of rotatable bonds is 9. The van der Waals surface area contributed by atoms with E-state index in [0.717, 1.165) is 12.0 Å². The number of benzene rings is 2. The van der Waals surface area contributed by atoms with Crippen LogP contribution in [0.15, 0.2) is 36.4 Å². The molecule has 0 N–H and O–H groups in total. The van der Waals surface area contributed by atoms with E-state index in [9.17, 15) is 4.79 Å². The van der Waals surface area contributed by atoms with Crippen LogP contribution in [0, 0.1) is 11.8 Å². The first-order valence-corrected chi connectivity index (χ1v) is 8.92. The zero-order valence-electron chi connectivity index (χ0n) is 16.9. The van der Waals surface area contributed by atoms with Crippen LogP contribution in [-0.4, -0.2) is 34.2 Å². The van der Waals surface area contributed by atoms with Crippen LogP contribution in [0.5, 0.6) is 23.0 Å². The summed E-state index contributed by atoms with van der Waals surface area (Å²) in [5.41, 5.74) is 1.73. The minimum atomic E-state index is -0.142. The minimum Gasteiger partial charge on any atom is -0.493 e. The van der Waals surface area contributed by atoms with Crippen molar-refractivity contribution in [1.82, 2.24) is 0 Å². The second-order valence-electron chi connectivity index (χ2n) is 6.59. The first-order valence-electron chi connectivity index (χ1n) is 8.92. The van der Waals surface area contributed by atoms with Gasteiger partial charge in [0, 0.05) is 11.5 Å². The van der Waals surface area contributed by atoms with E-state index >= 15 is 0 Å². The number of ketones is 1. The van der Waals surface area contributed by atoms with Crippen molar-refractivity contribution in [2.45, 2.75) is 20.3 Å². The number of carbonyl (C=O) groups excluding carboxylic acids is 1. The smallest absolute Gasteiger partial charge is 0.166 e. The largest absolute Gasteiger partial charge is 0.493 e. The maximum absolute atomic E-state index is 12.9. The first kappa shape index (κ1) is 20.6. The maximum Gasteiger partial charge on any atom is 0.166 e. The Bertz CT molecular complexity index is 784. The molecule has 0 heterocycles. The van der Waals surface area contributed by atoms with Crippen molar-refractivity contribution in [3.63, 3.8) is 0 Å². The zero-order valence-corrected chi connectivity index (χ0v) is 16.9. The predicted molar refractivity (Wildman–Crippen MR) is 105 cm³/mol. The van der Waals surface area contributed by atoms with Crippen molar-refractivity contribution in [3.05, 3.63) is 47.5 Å². The van der Waals surface area contributed by atoms with Gasteiger partial charge in [0.05, 0.1) is 28.4 Å². The molecule has 0 saturated carbocycles. The molecule has 0 aliphatic heterocycles. The molecule has 5 nitrogen and oxygen atoms in total. The van der Waals surface area contributed by atoms with E-state index in [1.54, 1.807) is 46.6 Å². The van der Waals surface area contributed by atoms with Gasteiger partial charge in [0.25, 0.3) is 0 Å². The Morgan fingerprint density at radius 2 is 1.30 bits per heavy atom. The zero-order chi connectivity index (χ0) is 20.0. The summed E-state index contributed by atoms with van der Waals surface area (Å²) in [6.45, 7) is 4.05. The number of Topliss-reactive ketones (excluding diaryl/α,β-unsaturated/α-hetero) is 1. The summed E-state index contributed by atoms with van der Waals surface area (Å²) in [6, 6.07) is 11.1. The van der Waals surface area contributed by atoms with E-state index in [-0.39, 0.29) is 17.6 Å². The summed E-state index contributed by atoms with van der Waals surface area (Å²) in [6.07, 6.45) is 0.764. The molecule has 0 aliphatic rings. The van der Waals surface area contributed by atoms with E-state index in [0.29, 0.717) is 28.6 Å². The number of hydrogen-bond acceptors (Lipinski definition) is 5. The van der Waals surface area contributed by atoms with Gasteiger partial charge in [-0.2, -0.15) is 0 Å². The molecule has 0 radical (unpaired) electrons. The molecule has 0 unspecified atom stereocenters. The molecular weight excluding hydrogens is 344 g/mol. The van der Waals surface area contributed by atoms with Gasteiger partial charge in [-0.05, 0) is 48.2 Å². The molecule has 0 aliphatic carbocycles. The van der Waals surface area contributed by atoms with Crippen LogP contribution in [-0.2, 0) is 6.42 Å². The third-order valence-corrected chi connectivity index (χ3v) is 4.94. The SMILES string of the molecule is COc1ccc(C[C@H](C)[C@H](C)C(=O)c2ccc(OC)c(OC)c2)cc1OC. The lowest BCUT2D eigenvalue weighted by Crippen LogP contribution is -2.21. The van der Waals surface area contributed by atoms with Crippen molar-refractivity contribution >= 4 is 5.78 Å². The molecule has 5 heteroatoms. The average Bonchev–Trinajstić information content (AvgIpc) is 2.71. The molecule has 0 amide bonds. The monoisotopic (exact) mass is 372 g/mol. The lowest BCUT2D eigenvalue weighted by atomic mass is 9.84. The van der Waals surface area contributed by atoms with Crippen molar-refractivity contribution in [3.8, 4) is 23.0 Å². The quantitative estimate of drug-likeness (QED) is 0.610. The third kappa shape index (κ3) is 4.73. The number of carbonyl (C=O) groups is 1. The van der Waals surface area contributed by atoms with Crippen LogP contribution in [0.2, 0.25) is 0 Å². The number of methoxy groups -OCH3 is 4. The van der Waals surface area contributed by atoms with E-state index in [4.69, 9.17) is 18.9 Å². The van der Waals surface area contributed by atoms with Gasteiger partial charge < -0.3 is 18.9 Å². The molecule has 2 atom stereocenters. The standard InChI is InChI=1S/C22H28O5/c1-14(11-16-7-9-18(24-3)20(12-16)26-5)15(2)22(23)17-8-10-19(25-4)21(13-17)27-6/h7-10,12-15H,11H2,1-6H3/t14-,15-/m0/s1. The summed E-state index contributed by atoms with van der Waals surface area (Å²) in [7, 11) is 6.38. The van der Waals surface area contributed by atoms with Crippen LogP contribution in [0.1, 0.15) is 29.8 Å². The molecule has 0 bridgehead atoms. The van der Waals surface area contributed by atoms with Gasteiger partial charge in [-0.15, -0.1) is 0 Å². The molecule has 0 aromatic heterocycles. The Morgan fingerprint density at radius 1 is 0.778 bits per heavy atom. The first-order chi connectivity index (χ1) is 12.9. The Balaban J connectivity index is 2.14. The van der Waals surface area contributed by atoms with Crippen LogP contribution in [0.3, 0.4) is 0 Å². The van der Waals surface area contributed by atoms with Crippen molar-refractivity contribution in [1.29, 1.82) is 0 Å². The number of ether oxygens (including phenoxy) is 4. The van der Waals surface area contributed by atoms with Crippen LogP contribution in [0.4, 0.5) is 0 Å². The molecule has 0 saturated heterocycles. The second kappa shape index (κ2) is 9.31. The van der Waals surface area contributed by atoms with E-state index < -0.39 is 0 Å². The number of hydrogen-bond donors (Lipinski definition) is 0. The fraction of sp³-hybridized carbons (Fsp3) is 0.409. The topological polar surface area (TPSA) is 54.0 Å². The van der Waals surface area contributed by atoms with Gasteiger partial charge in [0.15, 0.2) is 28.8 Å². The summed E-state index contributed by atoms with van der Waals surface area (Å²) in [5.74, 6) is 2.66. The third-order valence-electron chi connectivity index (χ3n) is 4.94. The van der Waals surface area contributed by atoms with Crippen LogP contribution >= 0.6 is 0 Å². The van der Waals surface area contributed by atoms with E-state index in [1.807, 2.05) is 25.1 Å². The highest BCUT2D eigenvalue weighted by atomic mass is 16.5. The lowest BCUT2D eigenvalue weighted by Gasteiger charge is -2.20. The molecule has 0 fully saturated rings. The molecule has 0 spiro atoms. The van der Waals surface area contributed by atoms with Crippen LogP contribution < -0.4 is 18.9 Å². The Hall–Kier alpha value is -2.69. The van der Waals surface area contributed by atoms with Gasteiger partial charge >= 0.3 is 0 Å². The van der Waals surface area contributed by atoms with Gasteiger partial charge in [-0.1, -0.05) is 19.9 Å². The van der Waals surface area contributed by atoms with Crippen molar-refractivity contribution in [2.75, 3.05) is 28.4 Å². The molecule has 27 heavy (non-hydrogen) atoms. The van der Waals surface area contributed by atoms with Gasteiger partial charge in [0.1, 0.15) is 0 Å². The summed E-state index contributed by atoms with van der Waals surface area (Å²) >= 11 is 0. The normalized spacial score (nSPS) is 12.8. The second-order valence-corrected chi connectivity index (χ2v) is 6.59. The molecular formula is C22H28O5. The molecule has 2 aromatic carbocycles. The van der Waals surface area contributed by atoms with Crippen LogP contribution in [0.25, 0.3) is 0 Å². The van der Waals surface area contributed by atoms with Gasteiger partial charge in [-0.3, -0.25) is 4.79 Å². The van der Waals surface area contributed by atoms with Crippen molar-refractivity contribution in [2.24, 2.45) is 11.8 Å². The average molecular weight is 372 g/mol. The summed E-state index contributed by atoms with van der Waals surface area (Å²) in [4.78, 5) is 12.9. The highest BCUT2D eigenvalue weighted by Crippen LogP contribution is 2.32. The summed E-state index contributed by atoms with van der Waals surface area (Å²) in [5, 5.41) is 0. The molecule has 2 aromatic rings. The molecule has 2 rings (SSSR count). The predicted octanol–water partition coefficient (Wildman–Crippen LogP) is 4.42.